The third kappa shape index (κ3) is 5.42. The Balaban J connectivity index is 1.24. The average Bonchev–Trinajstić information content (AvgIpc) is 2.86. The summed E-state index contributed by atoms with van der Waals surface area (Å²) in [7, 11) is -2.38. The van der Waals surface area contributed by atoms with Crippen molar-refractivity contribution in [1.29, 1.82) is 0 Å². The molecule has 6 rings (SSSR count). The van der Waals surface area contributed by atoms with Gasteiger partial charge < -0.3 is 4.74 Å². The number of amides is 1. The van der Waals surface area contributed by atoms with E-state index >= 15 is 0 Å². The molecule has 0 atom stereocenters. The highest BCUT2D eigenvalue weighted by Gasteiger charge is 2.51. The van der Waals surface area contributed by atoms with E-state index in [1.54, 1.807) is 24.3 Å². The van der Waals surface area contributed by atoms with E-state index in [0.29, 0.717) is 16.8 Å². The first kappa shape index (κ1) is 25.4. The van der Waals surface area contributed by atoms with Gasteiger partial charge in [0.05, 0.1) is 30.8 Å². The third-order valence-corrected chi connectivity index (χ3v) is 9.37. The highest BCUT2D eigenvalue weighted by atomic mass is 32.2. The van der Waals surface area contributed by atoms with Crippen LogP contribution in [0.5, 0.6) is 0 Å². The van der Waals surface area contributed by atoms with Crippen LogP contribution in [0.1, 0.15) is 60.0 Å². The molecule has 0 aliphatic heterocycles. The fourth-order valence-corrected chi connectivity index (χ4v) is 7.87. The topological polar surface area (TPSA) is 105 Å². The Morgan fingerprint density at radius 1 is 1.00 bits per heavy atom. The van der Waals surface area contributed by atoms with Crippen LogP contribution in [0.2, 0.25) is 0 Å². The minimum Gasteiger partial charge on any atom is -0.465 e. The number of rotatable bonds is 8. The standard InChI is InChI=1S/C28H33N3O5S/c1-36-27(33)23-5-3-19(4-6-23)17-29-30-26(32)18-31(37(2,34)35)25-9-7-24(8-10-25)28-14-20-11-21(15-28)13-22(12-20)16-28/h3-10,17,20-22H,11-16,18H2,1-2H3,(H,30,32)/b29-17+. The predicted octanol–water partition coefficient (Wildman–Crippen LogP) is 3.86. The molecule has 1 amide bonds. The Morgan fingerprint density at radius 3 is 2.08 bits per heavy atom. The van der Waals surface area contributed by atoms with Crippen LogP contribution in [-0.4, -0.2) is 46.4 Å². The van der Waals surface area contributed by atoms with Gasteiger partial charge in [-0.25, -0.2) is 18.6 Å². The maximum atomic E-state index is 12.6. The number of carbonyl (C=O) groups excluding carboxylic acids is 2. The first-order valence-electron chi connectivity index (χ1n) is 12.7. The molecule has 4 fully saturated rings. The van der Waals surface area contributed by atoms with Gasteiger partial charge in [0.2, 0.25) is 10.0 Å². The van der Waals surface area contributed by atoms with Crippen LogP contribution in [0.25, 0.3) is 0 Å². The van der Waals surface area contributed by atoms with Crippen molar-refractivity contribution in [3.8, 4) is 0 Å². The second kappa shape index (κ2) is 9.93. The number of ether oxygens (including phenoxy) is 1. The summed E-state index contributed by atoms with van der Waals surface area (Å²) in [5, 5.41) is 3.92. The van der Waals surface area contributed by atoms with Gasteiger partial charge in [-0.3, -0.25) is 9.10 Å². The second-order valence-electron chi connectivity index (χ2n) is 10.9. The van der Waals surface area contributed by atoms with Crippen molar-refractivity contribution in [2.24, 2.45) is 22.9 Å². The van der Waals surface area contributed by atoms with Crippen molar-refractivity contribution in [2.45, 2.75) is 43.9 Å². The highest BCUT2D eigenvalue weighted by Crippen LogP contribution is 2.60. The van der Waals surface area contributed by atoms with Crippen molar-refractivity contribution in [3.05, 3.63) is 65.2 Å². The van der Waals surface area contributed by atoms with Crippen LogP contribution in [-0.2, 0) is 25.0 Å². The lowest BCUT2D eigenvalue weighted by Crippen LogP contribution is -2.48. The van der Waals surface area contributed by atoms with Crippen LogP contribution >= 0.6 is 0 Å². The number of anilines is 1. The number of sulfonamides is 1. The number of carbonyl (C=O) groups is 2. The largest absolute Gasteiger partial charge is 0.465 e. The maximum Gasteiger partial charge on any atom is 0.337 e. The fourth-order valence-electron chi connectivity index (χ4n) is 7.01. The van der Waals surface area contributed by atoms with E-state index in [2.05, 4.69) is 27.4 Å². The molecule has 0 radical (unpaired) electrons. The van der Waals surface area contributed by atoms with E-state index < -0.39 is 21.9 Å². The molecule has 2 aromatic rings. The monoisotopic (exact) mass is 523 g/mol. The highest BCUT2D eigenvalue weighted by molar-refractivity contribution is 7.92. The van der Waals surface area contributed by atoms with Crippen LogP contribution in [0, 0.1) is 17.8 Å². The lowest BCUT2D eigenvalue weighted by Gasteiger charge is -2.57. The molecule has 9 heteroatoms. The maximum absolute atomic E-state index is 12.6. The summed E-state index contributed by atoms with van der Waals surface area (Å²) in [4.78, 5) is 24.1. The van der Waals surface area contributed by atoms with Crippen LogP contribution in [0.3, 0.4) is 0 Å². The fraction of sp³-hybridized carbons (Fsp3) is 0.464. The molecule has 0 heterocycles. The van der Waals surface area contributed by atoms with E-state index in [-0.39, 0.29) is 12.0 Å². The zero-order valence-electron chi connectivity index (χ0n) is 21.2. The average molecular weight is 524 g/mol. The number of hydrogen-bond donors (Lipinski definition) is 1. The number of benzene rings is 2. The molecule has 4 aliphatic carbocycles. The van der Waals surface area contributed by atoms with Gasteiger partial charge in [-0.15, -0.1) is 0 Å². The Morgan fingerprint density at radius 2 is 1.57 bits per heavy atom. The number of nitrogens with one attached hydrogen (secondary N) is 1. The van der Waals surface area contributed by atoms with Gasteiger partial charge in [0.1, 0.15) is 6.54 Å². The number of methoxy groups -OCH3 is 1. The van der Waals surface area contributed by atoms with Crippen molar-refractivity contribution in [2.75, 3.05) is 24.2 Å². The molecule has 0 saturated heterocycles. The van der Waals surface area contributed by atoms with E-state index in [1.807, 2.05) is 12.1 Å². The van der Waals surface area contributed by atoms with E-state index in [4.69, 9.17) is 0 Å². The van der Waals surface area contributed by atoms with Gasteiger partial charge in [0.15, 0.2) is 0 Å². The molecule has 2 aromatic carbocycles. The molecule has 4 bridgehead atoms. The van der Waals surface area contributed by atoms with E-state index in [1.165, 1.54) is 57.4 Å². The lowest BCUT2D eigenvalue weighted by molar-refractivity contribution is -0.119. The SMILES string of the molecule is COC(=O)c1ccc(/C=N/NC(=O)CN(c2ccc(C34CC5CC(CC(C5)C3)C4)cc2)S(C)(=O)=O)cc1. The number of nitrogens with zero attached hydrogens (tertiary/aromatic N) is 2. The molecular formula is C28H33N3O5S. The summed E-state index contributed by atoms with van der Waals surface area (Å²) in [6.45, 7) is -0.381. The van der Waals surface area contributed by atoms with Gasteiger partial charge in [0.25, 0.3) is 5.91 Å². The first-order chi connectivity index (χ1) is 17.6. The first-order valence-corrected chi connectivity index (χ1v) is 14.6. The summed E-state index contributed by atoms with van der Waals surface area (Å²) < 4.78 is 30.9. The minimum atomic E-state index is -3.69. The molecule has 0 unspecified atom stereocenters. The van der Waals surface area contributed by atoms with Crippen molar-refractivity contribution in [3.63, 3.8) is 0 Å². The van der Waals surface area contributed by atoms with Gasteiger partial charge in [-0.05, 0) is 97.1 Å². The van der Waals surface area contributed by atoms with Gasteiger partial charge >= 0.3 is 5.97 Å². The van der Waals surface area contributed by atoms with Gasteiger partial charge in [-0.1, -0.05) is 24.3 Å². The number of hydrogen-bond acceptors (Lipinski definition) is 6. The summed E-state index contributed by atoms with van der Waals surface area (Å²) >= 11 is 0. The number of esters is 1. The van der Waals surface area contributed by atoms with Gasteiger partial charge in [-0.2, -0.15) is 5.10 Å². The molecule has 37 heavy (non-hydrogen) atoms. The molecule has 0 spiro atoms. The van der Waals surface area contributed by atoms with Crippen molar-refractivity contribution < 1.29 is 22.7 Å². The van der Waals surface area contributed by atoms with E-state index in [0.717, 1.165) is 28.3 Å². The minimum absolute atomic E-state index is 0.227. The zero-order valence-corrected chi connectivity index (χ0v) is 22.0. The number of hydrazone groups is 1. The quantitative estimate of drug-likeness (QED) is 0.321. The summed E-state index contributed by atoms with van der Waals surface area (Å²) in [5.74, 6) is 1.48. The third-order valence-electron chi connectivity index (χ3n) is 8.23. The van der Waals surface area contributed by atoms with Crippen LogP contribution < -0.4 is 9.73 Å². The Kier molecular flexibility index (Phi) is 6.83. The molecule has 4 saturated carbocycles. The zero-order chi connectivity index (χ0) is 26.2. The Bertz CT molecular complexity index is 1270. The molecule has 1 N–H and O–H groups in total. The molecule has 0 aromatic heterocycles. The van der Waals surface area contributed by atoms with Crippen molar-refractivity contribution in [1.82, 2.24) is 5.43 Å². The molecular weight excluding hydrogens is 490 g/mol. The molecule has 4 aliphatic rings. The summed E-state index contributed by atoms with van der Waals surface area (Å²) in [5.41, 5.74) is 5.44. The molecule has 196 valence electrons. The van der Waals surface area contributed by atoms with Crippen LogP contribution in [0.15, 0.2) is 53.6 Å². The summed E-state index contributed by atoms with van der Waals surface area (Å²) in [6, 6.07) is 14.3. The Hall–Kier alpha value is -3.20. The lowest BCUT2D eigenvalue weighted by atomic mass is 9.48. The van der Waals surface area contributed by atoms with E-state index in [9.17, 15) is 18.0 Å². The predicted molar refractivity (Wildman–Crippen MR) is 142 cm³/mol. The van der Waals surface area contributed by atoms with Crippen molar-refractivity contribution >= 4 is 33.8 Å². The second-order valence-corrected chi connectivity index (χ2v) is 12.8. The molecule has 8 nitrogen and oxygen atoms in total. The van der Waals surface area contributed by atoms with Gasteiger partial charge in [0, 0.05) is 0 Å². The van der Waals surface area contributed by atoms with Crippen LogP contribution in [0.4, 0.5) is 5.69 Å². The Labute approximate surface area is 218 Å². The smallest absolute Gasteiger partial charge is 0.337 e. The normalized spacial score (nSPS) is 26.3. The summed E-state index contributed by atoms with van der Waals surface area (Å²) in [6.07, 6.45) is 10.3.